The minimum atomic E-state index is -4.48. The Hall–Kier alpha value is -1.52. The van der Waals surface area contributed by atoms with E-state index < -0.39 is 21.8 Å². The fourth-order valence-corrected chi connectivity index (χ4v) is 5.55. The first-order valence-electron chi connectivity index (χ1n) is 8.45. The fraction of sp³-hybridized carbons (Fsp3) is 0.471. The number of imidazole rings is 1. The first-order valence-corrected chi connectivity index (χ1v) is 10.9. The number of hydrogen-bond donors (Lipinski definition) is 0. The molecule has 0 atom stereocenters. The van der Waals surface area contributed by atoms with Gasteiger partial charge in [-0.05, 0) is 43.0 Å². The summed E-state index contributed by atoms with van der Waals surface area (Å²) in [7, 11) is -1.84. The summed E-state index contributed by atoms with van der Waals surface area (Å²) < 4.78 is 66.6. The summed E-state index contributed by atoms with van der Waals surface area (Å²) in [4.78, 5) is 4.16. The number of sulfonamides is 1. The molecular weight excluding hydrogens is 399 g/mol. The van der Waals surface area contributed by atoms with Crippen LogP contribution in [0.1, 0.15) is 18.4 Å². The van der Waals surface area contributed by atoms with Crippen LogP contribution in [0.2, 0.25) is 0 Å². The predicted octanol–water partition coefficient (Wildman–Crippen LogP) is 3.63. The van der Waals surface area contributed by atoms with Gasteiger partial charge in [0, 0.05) is 38.3 Å². The molecule has 27 heavy (non-hydrogen) atoms. The molecule has 1 aliphatic heterocycles. The van der Waals surface area contributed by atoms with Gasteiger partial charge in [-0.25, -0.2) is 13.4 Å². The van der Waals surface area contributed by atoms with Crippen molar-refractivity contribution in [2.45, 2.75) is 29.1 Å². The first kappa shape index (κ1) is 20.2. The van der Waals surface area contributed by atoms with Gasteiger partial charge in [-0.1, -0.05) is 11.8 Å². The van der Waals surface area contributed by atoms with E-state index in [4.69, 9.17) is 0 Å². The number of alkyl halides is 3. The van der Waals surface area contributed by atoms with E-state index in [0.717, 1.165) is 48.0 Å². The second-order valence-corrected chi connectivity index (χ2v) is 9.43. The lowest BCUT2D eigenvalue weighted by atomic mass is 10.0. The molecule has 1 aliphatic rings. The Kier molecular flexibility index (Phi) is 5.87. The second-order valence-electron chi connectivity index (χ2n) is 6.50. The van der Waals surface area contributed by atoms with E-state index in [9.17, 15) is 21.6 Å². The molecule has 1 saturated heterocycles. The summed E-state index contributed by atoms with van der Waals surface area (Å²) in [6.45, 7) is 0.740. The number of rotatable bonds is 5. The van der Waals surface area contributed by atoms with Gasteiger partial charge in [0.25, 0.3) is 0 Å². The van der Waals surface area contributed by atoms with Crippen molar-refractivity contribution < 1.29 is 21.6 Å². The van der Waals surface area contributed by atoms with Crippen LogP contribution in [-0.2, 0) is 23.2 Å². The van der Waals surface area contributed by atoms with Crippen molar-refractivity contribution in [3.05, 3.63) is 42.2 Å². The van der Waals surface area contributed by atoms with Gasteiger partial charge in [-0.3, -0.25) is 0 Å². The highest BCUT2D eigenvalue weighted by Gasteiger charge is 2.33. The normalized spacial score (nSPS) is 17.3. The molecular formula is C17H20F3N3O2S2. The van der Waals surface area contributed by atoms with Crippen LogP contribution in [0.3, 0.4) is 0 Å². The number of piperidine rings is 1. The third-order valence-corrected chi connectivity index (χ3v) is 7.82. The first-order chi connectivity index (χ1) is 12.7. The molecule has 0 radical (unpaired) electrons. The average molecular weight is 419 g/mol. The highest BCUT2D eigenvalue weighted by Crippen LogP contribution is 2.31. The Morgan fingerprint density at radius 3 is 2.33 bits per heavy atom. The molecule has 0 unspecified atom stereocenters. The Morgan fingerprint density at radius 1 is 1.19 bits per heavy atom. The molecule has 3 rings (SSSR count). The minimum Gasteiger partial charge on any atom is -0.329 e. The lowest BCUT2D eigenvalue weighted by Crippen LogP contribution is -2.39. The van der Waals surface area contributed by atoms with Crippen LogP contribution in [0, 0.1) is 5.92 Å². The smallest absolute Gasteiger partial charge is 0.329 e. The number of halogens is 3. The van der Waals surface area contributed by atoms with Crippen LogP contribution in [0.5, 0.6) is 0 Å². The van der Waals surface area contributed by atoms with Gasteiger partial charge in [-0.2, -0.15) is 17.5 Å². The summed E-state index contributed by atoms with van der Waals surface area (Å²) in [5, 5.41) is 0.926. The van der Waals surface area contributed by atoms with Crippen LogP contribution in [0.15, 0.2) is 46.7 Å². The molecule has 2 aromatic rings. The van der Waals surface area contributed by atoms with Crippen molar-refractivity contribution in [2.24, 2.45) is 13.0 Å². The van der Waals surface area contributed by atoms with Crippen molar-refractivity contribution in [1.29, 1.82) is 0 Å². The number of benzene rings is 1. The Morgan fingerprint density at radius 2 is 1.81 bits per heavy atom. The Labute approximate surface area is 160 Å². The predicted molar refractivity (Wildman–Crippen MR) is 96.9 cm³/mol. The SMILES string of the molecule is Cn1ccnc1SCC1CCN(S(=O)(=O)c2ccc(C(F)(F)F)cc2)CC1. The van der Waals surface area contributed by atoms with Crippen LogP contribution in [-0.4, -0.2) is 41.1 Å². The second kappa shape index (κ2) is 7.84. The van der Waals surface area contributed by atoms with Crippen LogP contribution in [0.4, 0.5) is 13.2 Å². The summed E-state index contributed by atoms with van der Waals surface area (Å²) in [6.07, 6.45) is 0.573. The molecule has 0 saturated carbocycles. The molecule has 2 heterocycles. The average Bonchev–Trinajstić information content (AvgIpc) is 3.04. The molecule has 0 bridgehead atoms. The van der Waals surface area contributed by atoms with E-state index in [-0.39, 0.29) is 4.90 Å². The van der Waals surface area contributed by atoms with E-state index in [1.165, 1.54) is 4.31 Å². The van der Waals surface area contributed by atoms with Gasteiger partial charge in [0.1, 0.15) is 0 Å². The van der Waals surface area contributed by atoms with Gasteiger partial charge in [0.2, 0.25) is 10.0 Å². The number of nitrogens with zero attached hydrogens (tertiary/aromatic N) is 3. The van der Waals surface area contributed by atoms with E-state index in [2.05, 4.69) is 4.98 Å². The Balaban J connectivity index is 1.58. The van der Waals surface area contributed by atoms with E-state index in [1.54, 1.807) is 18.0 Å². The van der Waals surface area contributed by atoms with Gasteiger partial charge in [0.05, 0.1) is 10.5 Å². The van der Waals surface area contributed by atoms with Crippen molar-refractivity contribution in [3.8, 4) is 0 Å². The van der Waals surface area contributed by atoms with Crippen molar-refractivity contribution in [3.63, 3.8) is 0 Å². The monoisotopic (exact) mass is 419 g/mol. The maximum atomic E-state index is 12.7. The topological polar surface area (TPSA) is 55.2 Å². The van der Waals surface area contributed by atoms with E-state index in [0.29, 0.717) is 19.0 Å². The van der Waals surface area contributed by atoms with E-state index >= 15 is 0 Å². The third-order valence-electron chi connectivity index (χ3n) is 4.62. The molecule has 0 aliphatic carbocycles. The number of thioether (sulfide) groups is 1. The molecule has 1 aromatic carbocycles. The van der Waals surface area contributed by atoms with Gasteiger partial charge in [-0.15, -0.1) is 0 Å². The molecule has 1 fully saturated rings. The van der Waals surface area contributed by atoms with Crippen molar-refractivity contribution >= 4 is 21.8 Å². The quantitative estimate of drug-likeness (QED) is 0.695. The summed E-state index contributed by atoms with van der Waals surface area (Å²) >= 11 is 1.65. The molecule has 0 amide bonds. The molecule has 1 aromatic heterocycles. The highest BCUT2D eigenvalue weighted by atomic mass is 32.2. The van der Waals surface area contributed by atoms with Crippen molar-refractivity contribution in [1.82, 2.24) is 13.9 Å². The maximum Gasteiger partial charge on any atom is 0.416 e. The van der Waals surface area contributed by atoms with Crippen LogP contribution >= 0.6 is 11.8 Å². The van der Waals surface area contributed by atoms with Crippen molar-refractivity contribution in [2.75, 3.05) is 18.8 Å². The van der Waals surface area contributed by atoms with Crippen LogP contribution in [0.25, 0.3) is 0 Å². The van der Waals surface area contributed by atoms with Crippen LogP contribution < -0.4 is 0 Å². The maximum absolute atomic E-state index is 12.7. The molecule has 0 N–H and O–H groups in total. The minimum absolute atomic E-state index is 0.101. The zero-order valence-corrected chi connectivity index (χ0v) is 16.3. The van der Waals surface area contributed by atoms with Gasteiger partial charge in [0.15, 0.2) is 5.16 Å². The molecule has 148 valence electrons. The number of hydrogen-bond acceptors (Lipinski definition) is 4. The number of aromatic nitrogens is 2. The largest absolute Gasteiger partial charge is 0.416 e. The lowest BCUT2D eigenvalue weighted by molar-refractivity contribution is -0.137. The zero-order chi connectivity index (χ0) is 19.7. The van der Waals surface area contributed by atoms with Gasteiger partial charge < -0.3 is 4.57 Å². The lowest BCUT2D eigenvalue weighted by Gasteiger charge is -2.31. The molecule has 10 heteroatoms. The third kappa shape index (κ3) is 4.67. The molecule has 5 nitrogen and oxygen atoms in total. The standard InChI is InChI=1S/C17H20F3N3O2S2/c1-22-11-8-21-16(22)26-12-13-6-9-23(10-7-13)27(24,25)15-4-2-14(3-5-15)17(18,19)20/h2-5,8,11,13H,6-7,9-10,12H2,1H3. The zero-order valence-electron chi connectivity index (χ0n) is 14.7. The highest BCUT2D eigenvalue weighted by molar-refractivity contribution is 7.99. The van der Waals surface area contributed by atoms with E-state index in [1.807, 2.05) is 17.8 Å². The summed E-state index contributed by atoms with van der Waals surface area (Å²) in [5.74, 6) is 1.24. The summed E-state index contributed by atoms with van der Waals surface area (Å²) in [5.41, 5.74) is -0.855. The fourth-order valence-electron chi connectivity index (χ4n) is 2.96. The number of aryl methyl sites for hydroxylation is 1. The molecule has 0 spiro atoms. The van der Waals surface area contributed by atoms with Gasteiger partial charge >= 0.3 is 6.18 Å². The Bertz CT molecular complexity index is 872. The summed E-state index contributed by atoms with van der Waals surface area (Å²) in [6, 6.07) is 3.68.